The highest BCUT2D eigenvalue weighted by Crippen LogP contribution is 2.20. The predicted molar refractivity (Wildman–Crippen MR) is 59.6 cm³/mol. The minimum absolute atomic E-state index is 0.0614. The highest BCUT2D eigenvalue weighted by atomic mass is 32.2. The van der Waals surface area contributed by atoms with Crippen molar-refractivity contribution in [3.05, 3.63) is 0 Å². The molecule has 0 fully saturated rings. The summed E-state index contributed by atoms with van der Waals surface area (Å²) in [4.78, 5) is 10.9. The summed E-state index contributed by atoms with van der Waals surface area (Å²) in [5, 5.41) is 7.04. The lowest BCUT2D eigenvalue weighted by molar-refractivity contribution is -0.136. The molecule has 0 saturated heterocycles. The largest absolute Gasteiger partial charge is 0.480 e. The summed E-state index contributed by atoms with van der Waals surface area (Å²) in [6.07, 6.45) is 0.746. The van der Waals surface area contributed by atoms with Gasteiger partial charge in [-0.1, -0.05) is 27.2 Å². The molecule has 5 heteroatoms. The summed E-state index contributed by atoms with van der Waals surface area (Å²) in [5.41, 5.74) is 0. The normalized spacial score (nSPS) is 16.3. The maximum atomic E-state index is 11.9. The van der Waals surface area contributed by atoms with Crippen molar-refractivity contribution in [2.45, 2.75) is 51.0 Å². The Morgan fingerprint density at radius 1 is 1.27 bits per heavy atom. The van der Waals surface area contributed by atoms with Crippen molar-refractivity contribution in [3.8, 4) is 0 Å². The lowest BCUT2D eigenvalue weighted by atomic mass is 10.2. The van der Waals surface area contributed by atoms with Gasteiger partial charge in [0.25, 0.3) is 0 Å². The lowest BCUT2D eigenvalue weighted by Gasteiger charge is -2.21. The first-order valence-electron chi connectivity index (χ1n) is 5.20. The molecule has 0 rings (SSSR count). The molecule has 1 N–H and O–H groups in total. The first-order valence-corrected chi connectivity index (χ1v) is 6.81. The number of hydrogen-bond donors (Lipinski definition) is 1. The Morgan fingerprint density at radius 3 is 2.00 bits per heavy atom. The van der Waals surface area contributed by atoms with Crippen LogP contribution in [0.3, 0.4) is 0 Å². The van der Waals surface area contributed by atoms with Crippen LogP contribution in [0, 0.1) is 5.92 Å². The van der Waals surface area contributed by atoms with Crippen LogP contribution in [0.25, 0.3) is 0 Å². The van der Waals surface area contributed by atoms with Gasteiger partial charge in [0.1, 0.15) is 0 Å². The zero-order valence-corrected chi connectivity index (χ0v) is 10.5. The van der Waals surface area contributed by atoms with E-state index in [1.54, 1.807) is 27.7 Å². The Bertz CT molecular complexity index is 305. The van der Waals surface area contributed by atoms with Gasteiger partial charge < -0.3 is 5.11 Å². The monoisotopic (exact) mass is 236 g/mol. The van der Waals surface area contributed by atoms with Gasteiger partial charge in [0.05, 0.1) is 5.25 Å². The molecule has 0 saturated carbocycles. The molecule has 0 aromatic carbocycles. The average Bonchev–Trinajstić information content (AvgIpc) is 2.11. The molecule has 0 heterocycles. The Hall–Kier alpha value is -0.580. The van der Waals surface area contributed by atoms with Crippen molar-refractivity contribution in [2.75, 3.05) is 0 Å². The van der Waals surface area contributed by atoms with E-state index in [4.69, 9.17) is 5.11 Å². The Morgan fingerprint density at radius 2 is 1.73 bits per heavy atom. The maximum absolute atomic E-state index is 11.9. The highest BCUT2D eigenvalue weighted by molar-refractivity contribution is 7.93. The van der Waals surface area contributed by atoms with Crippen LogP contribution in [0.4, 0.5) is 0 Å². The van der Waals surface area contributed by atoms with Crippen LogP contribution in [-0.2, 0) is 14.6 Å². The first-order chi connectivity index (χ1) is 6.75. The van der Waals surface area contributed by atoms with Crippen LogP contribution in [0.5, 0.6) is 0 Å². The molecular formula is C10H20O4S. The molecule has 0 aliphatic heterocycles. The topological polar surface area (TPSA) is 71.4 Å². The molecule has 90 valence electrons. The van der Waals surface area contributed by atoms with Gasteiger partial charge in [-0.05, 0) is 19.3 Å². The summed E-state index contributed by atoms with van der Waals surface area (Å²) in [7, 11) is -3.56. The fraction of sp³-hybridized carbons (Fsp3) is 0.900. The number of carbonyl (C=O) groups is 1. The summed E-state index contributed by atoms with van der Waals surface area (Å²) >= 11 is 0. The number of aliphatic carboxylic acids is 1. The van der Waals surface area contributed by atoms with Gasteiger partial charge in [0.15, 0.2) is 15.1 Å². The van der Waals surface area contributed by atoms with Gasteiger partial charge >= 0.3 is 5.97 Å². The van der Waals surface area contributed by atoms with Gasteiger partial charge in [-0.3, -0.25) is 4.79 Å². The van der Waals surface area contributed by atoms with Crippen LogP contribution in [-0.4, -0.2) is 30.0 Å². The van der Waals surface area contributed by atoms with Crippen molar-refractivity contribution in [1.29, 1.82) is 0 Å². The second-order valence-corrected chi connectivity index (χ2v) is 6.64. The third-order valence-corrected chi connectivity index (χ3v) is 5.49. The van der Waals surface area contributed by atoms with Crippen LogP contribution < -0.4 is 0 Å². The van der Waals surface area contributed by atoms with Crippen molar-refractivity contribution in [1.82, 2.24) is 0 Å². The van der Waals surface area contributed by atoms with Gasteiger partial charge in [0.2, 0.25) is 0 Å². The molecule has 2 unspecified atom stereocenters. The van der Waals surface area contributed by atoms with Crippen molar-refractivity contribution >= 4 is 15.8 Å². The molecule has 0 aromatic rings. The van der Waals surface area contributed by atoms with E-state index < -0.39 is 26.3 Å². The SMILES string of the molecule is CCCC(C(=O)O)S(=O)(=O)C(C)C(C)C. The zero-order chi connectivity index (χ0) is 12.2. The lowest BCUT2D eigenvalue weighted by Crippen LogP contribution is -2.38. The van der Waals surface area contributed by atoms with Crippen LogP contribution >= 0.6 is 0 Å². The standard InChI is InChI=1S/C10H20O4S/c1-5-6-9(10(11)12)15(13,14)8(4)7(2)3/h7-9H,5-6H2,1-4H3,(H,11,12). The maximum Gasteiger partial charge on any atom is 0.321 e. The second-order valence-electron chi connectivity index (χ2n) is 4.15. The van der Waals surface area contributed by atoms with E-state index in [2.05, 4.69) is 0 Å². The van der Waals surface area contributed by atoms with Crippen molar-refractivity contribution < 1.29 is 18.3 Å². The van der Waals surface area contributed by atoms with E-state index in [1.165, 1.54) is 0 Å². The van der Waals surface area contributed by atoms with Crippen LogP contribution in [0.2, 0.25) is 0 Å². The molecule has 0 spiro atoms. The molecule has 0 aliphatic carbocycles. The van der Waals surface area contributed by atoms with Gasteiger partial charge in [-0.2, -0.15) is 0 Å². The van der Waals surface area contributed by atoms with E-state index in [0.717, 1.165) is 0 Å². The molecule has 0 amide bonds. The number of carboxylic acids is 1. The van der Waals surface area contributed by atoms with E-state index in [-0.39, 0.29) is 12.3 Å². The highest BCUT2D eigenvalue weighted by Gasteiger charge is 2.37. The Kier molecular flexibility index (Phi) is 5.28. The third-order valence-electron chi connectivity index (χ3n) is 2.68. The first kappa shape index (κ1) is 14.4. The zero-order valence-electron chi connectivity index (χ0n) is 9.73. The third kappa shape index (κ3) is 3.48. The van der Waals surface area contributed by atoms with Gasteiger partial charge in [0, 0.05) is 0 Å². The average molecular weight is 236 g/mol. The number of carboxylic acid groups (broad SMARTS) is 1. The quantitative estimate of drug-likeness (QED) is 0.762. The number of rotatable bonds is 6. The van der Waals surface area contributed by atoms with Crippen LogP contribution in [0.15, 0.2) is 0 Å². The summed E-state index contributed by atoms with van der Waals surface area (Å²) < 4.78 is 23.8. The fourth-order valence-electron chi connectivity index (χ4n) is 1.33. The van der Waals surface area contributed by atoms with E-state index in [0.29, 0.717) is 6.42 Å². The molecule has 0 radical (unpaired) electrons. The summed E-state index contributed by atoms with van der Waals surface area (Å²) in [5.74, 6) is -1.29. The Labute approximate surface area is 91.6 Å². The van der Waals surface area contributed by atoms with E-state index in [9.17, 15) is 13.2 Å². The summed E-state index contributed by atoms with van der Waals surface area (Å²) in [6, 6.07) is 0. The molecular weight excluding hydrogens is 216 g/mol. The molecule has 0 bridgehead atoms. The van der Waals surface area contributed by atoms with E-state index >= 15 is 0 Å². The molecule has 15 heavy (non-hydrogen) atoms. The number of hydrogen-bond acceptors (Lipinski definition) is 3. The minimum Gasteiger partial charge on any atom is -0.480 e. The predicted octanol–water partition coefficient (Wildman–Crippen LogP) is 1.70. The fourth-order valence-corrected chi connectivity index (χ4v) is 3.45. The van der Waals surface area contributed by atoms with E-state index in [1.807, 2.05) is 0 Å². The minimum atomic E-state index is -3.56. The number of sulfone groups is 1. The van der Waals surface area contributed by atoms with Gasteiger partial charge in [-0.15, -0.1) is 0 Å². The Balaban J connectivity index is 5.04. The second kappa shape index (κ2) is 5.49. The molecule has 0 aromatic heterocycles. The summed E-state index contributed by atoms with van der Waals surface area (Å²) in [6.45, 7) is 6.93. The smallest absolute Gasteiger partial charge is 0.321 e. The van der Waals surface area contributed by atoms with Crippen molar-refractivity contribution in [2.24, 2.45) is 5.92 Å². The van der Waals surface area contributed by atoms with Crippen molar-refractivity contribution in [3.63, 3.8) is 0 Å². The molecule has 4 nitrogen and oxygen atoms in total. The van der Waals surface area contributed by atoms with Crippen LogP contribution in [0.1, 0.15) is 40.5 Å². The molecule has 2 atom stereocenters. The van der Waals surface area contributed by atoms with Gasteiger partial charge in [-0.25, -0.2) is 8.42 Å². The molecule has 0 aliphatic rings.